The van der Waals surface area contributed by atoms with Gasteiger partial charge in [-0.3, -0.25) is 9.59 Å². The molecule has 1 aromatic carbocycles. The van der Waals surface area contributed by atoms with E-state index in [2.05, 4.69) is 0 Å². The molecule has 1 aliphatic carbocycles. The van der Waals surface area contributed by atoms with E-state index < -0.39 is 30.4 Å². The van der Waals surface area contributed by atoms with Gasteiger partial charge in [0, 0.05) is 23.3 Å². The number of aliphatic hydroxyl groups excluding tert-OH is 1. The number of ketones is 1. The summed E-state index contributed by atoms with van der Waals surface area (Å²) in [4.78, 5) is 23.9. The Morgan fingerprint density at radius 2 is 2.00 bits per heavy atom. The van der Waals surface area contributed by atoms with Crippen molar-refractivity contribution in [2.45, 2.75) is 37.8 Å². The van der Waals surface area contributed by atoms with Gasteiger partial charge >= 0.3 is 5.97 Å². The molecule has 0 saturated carbocycles. The van der Waals surface area contributed by atoms with E-state index in [1.54, 1.807) is 30.4 Å². The number of hydrogen-bond donors (Lipinski definition) is 2. The Morgan fingerprint density at radius 3 is 2.79 bits per heavy atom. The molecule has 176 valence electrons. The molecule has 0 radical (unpaired) electrons. The molecule has 7 nitrogen and oxygen atoms in total. The zero-order valence-corrected chi connectivity index (χ0v) is 18.8. The summed E-state index contributed by atoms with van der Waals surface area (Å²) in [7, 11) is 0. The summed E-state index contributed by atoms with van der Waals surface area (Å²) in [5.74, 6) is -1.50. The van der Waals surface area contributed by atoms with E-state index in [4.69, 9.17) is 30.9 Å². The molecule has 0 amide bonds. The molecule has 33 heavy (non-hydrogen) atoms. The zero-order chi connectivity index (χ0) is 23.4. The molecule has 1 fully saturated rings. The van der Waals surface area contributed by atoms with Crippen molar-refractivity contribution in [1.82, 2.24) is 0 Å². The van der Waals surface area contributed by atoms with E-state index in [-0.39, 0.29) is 30.6 Å². The van der Waals surface area contributed by atoms with E-state index in [1.165, 1.54) is 0 Å². The molecule has 0 bridgehead atoms. The van der Waals surface area contributed by atoms with Gasteiger partial charge in [0.05, 0.1) is 24.4 Å². The molecule has 2 N–H and O–H groups in total. The summed E-state index contributed by atoms with van der Waals surface area (Å²) in [6.45, 7) is 0.471. The SMILES string of the molecule is O=C(O)CC/C=C\C[C@H]1CO[C@@H](C2COc3ccc(Cl)cc3C2=O)O[C@H]1C1C=CC=CC1O. The number of aliphatic hydroxyl groups is 1. The topological polar surface area (TPSA) is 102 Å². The lowest BCUT2D eigenvalue weighted by atomic mass is 9.82. The third-order valence-electron chi connectivity index (χ3n) is 6.18. The van der Waals surface area contributed by atoms with Gasteiger partial charge in [0.1, 0.15) is 18.3 Å². The molecular weight excluding hydrogens is 448 g/mol. The van der Waals surface area contributed by atoms with Crippen LogP contribution in [0.15, 0.2) is 54.7 Å². The summed E-state index contributed by atoms with van der Waals surface area (Å²) in [6, 6.07) is 4.95. The number of carbonyl (C=O) groups is 2. The highest BCUT2D eigenvalue weighted by molar-refractivity contribution is 6.31. The number of aliphatic carboxylic acids is 1. The van der Waals surface area contributed by atoms with Crippen LogP contribution in [-0.4, -0.2) is 53.7 Å². The molecule has 6 atom stereocenters. The Balaban J connectivity index is 1.49. The molecule has 1 saturated heterocycles. The maximum Gasteiger partial charge on any atom is 0.303 e. The fraction of sp³-hybridized carbons (Fsp3) is 0.440. The number of carbonyl (C=O) groups excluding carboxylic acids is 1. The summed E-state index contributed by atoms with van der Waals surface area (Å²) in [6.07, 6.45) is 10.3. The minimum absolute atomic E-state index is 0.0699. The lowest BCUT2D eigenvalue weighted by Crippen LogP contribution is -2.51. The van der Waals surface area contributed by atoms with Crippen LogP contribution in [0.2, 0.25) is 5.02 Å². The number of halogens is 1. The highest BCUT2D eigenvalue weighted by atomic mass is 35.5. The molecular formula is C25H27ClO7. The van der Waals surface area contributed by atoms with Gasteiger partial charge in [-0.1, -0.05) is 48.1 Å². The van der Waals surface area contributed by atoms with Crippen LogP contribution in [0.5, 0.6) is 5.75 Å². The van der Waals surface area contributed by atoms with Crippen molar-refractivity contribution in [2.24, 2.45) is 17.8 Å². The Hall–Kier alpha value is -2.45. The van der Waals surface area contributed by atoms with E-state index in [0.29, 0.717) is 35.8 Å². The largest absolute Gasteiger partial charge is 0.492 e. The van der Waals surface area contributed by atoms with Gasteiger partial charge in [0.25, 0.3) is 0 Å². The van der Waals surface area contributed by atoms with Gasteiger partial charge in [0.15, 0.2) is 12.1 Å². The Bertz CT molecular complexity index is 970. The van der Waals surface area contributed by atoms with E-state index in [0.717, 1.165) is 0 Å². The Labute approximate surface area is 197 Å². The molecule has 4 rings (SSSR count). The lowest BCUT2D eigenvalue weighted by Gasteiger charge is -2.43. The van der Waals surface area contributed by atoms with Crippen molar-refractivity contribution < 1.29 is 34.0 Å². The lowest BCUT2D eigenvalue weighted by molar-refractivity contribution is -0.264. The highest BCUT2D eigenvalue weighted by Crippen LogP contribution is 2.37. The van der Waals surface area contributed by atoms with Crippen molar-refractivity contribution in [3.05, 3.63) is 65.2 Å². The highest BCUT2D eigenvalue weighted by Gasteiger charge is 2.44. The molecule has 3 unspecified atom stereocenters. The number of ether oxygens (including phenoxy) is 3. The fourth-order valence-electron chi connectivity index (χ4n) is 4.43. The maximum absolute atomic E-state index is 13.2. The molecule has 2 heterocycles. The molecule has 0 aromatic heterocycles. The fourth-order valence-corrected chi connectivity index (χ4v) is 4.60. The molecule has 1 aromatic rings. The van der Waals surface area contributed by atoms with Crippen molar-refractivity contribution in [3.8, 4) is 5.75 Å². The van der Waals surface area contributed by atoms with Crippen LogP contribution >= 0.6 is 11.6 Å². The molecule has 2 aliphatic heterocycles. The van der Waals surface area contributed by atoms with Gasteiger partial charge in [0.2, 0.25) is 0 Å². The van der Waals surface area contributed by atoms with Gasteiger partial charge in [-0.15, -0.1) is 0 Å². The second-order valence-corrected chi connectivity index (χ2v) is 8.90. The number of carboxylic acid groups (broad SMARTS) is 1. The van der Waals surface area contributed by atoms with Gasteiger partial charge in [-0.05, 0) is 31.0 Å². The third-order valence-corrected chi connectivity index (χ3v) is 6.41. The second-order valence-electron chi connectivity index (χ2n) is 8.46. The van der Waals surface area contributed by atoms with Crippen molar-refractivity contribution in [2.75, 3.05) is 13.2 Å². The quantitative estimate of drug-likeness (QED) is 0.579. The Morgan fingerprint density at radius 1 is 1.18 bits per heavy atom. The van der Waals surface area contributed by atoms with E-state index in [1.807, 2.05) is 24.3 Å². The first kappa shape index (κ1) is 23.7. The van der Waals surface area contributed by atoms with Crippen LogP contribution in [0.3, 0.4) is 0 Å². The minimum atomic E-state index is -0.839. The maximum atomic E-state index is 13.2. The van der Waals surface area contributed by atoms with Crippen LogP contribution in [-0.2, 0) is 14.3 Å². The average molecular weight is 475 g/mol. The van der Waals surface area contributed by atoms with Crippen LogP contribution in [0, 0.1) is 17.8 Å². The van der Waals surface area contributed by atoms with Crippen molar-refractivity contribution in [1.29, 1.82) is 0 Å². The summed E-state index contributed by atoms with van der Waals surface area (Å²) >= 11 is 6.07. The van der Waals surface area contributed by atoms with Crippen LogP contribution in [0.1, 0.15) is 29.6 Å². The second kappa shape index (κ2) is 10.7. The third kappa shape index (κ3) is 5.55. The van der Waals surface area contributed by atoms with E-state index >= 15 is 0 Å². The van der Waals surface area contributed by atoms with Gasteiger partial charge in [-0.25, -0.2) is 0 Å². The van der Waals surface area contributed by atoms with Crippen LogP contribution in [0.4, 0.5) is 0 Å². The first-order valence-corrected chi connectivity index (χ1v) is 11.5. The number of carboxylic acids is 1. The Kier molecular flexibility index (Phi) is 7.65. The molecule has 0 spiro atoms. The normalized spacial score (nSPS) is 31.4. The number of fused-ring (bicyclic) bond motifs is 1. The van der Waals surface area contributed by atoms with Gasteiger partial charge in [-0.2, -0.15) is 0 Å². The minimum Gasteiger partial charge on any atom is -0.492 e. The van der Waals surface area contributed by atoms with E-state index in [9.17, 15) is 14.7 Å². The number of allylic oxidation sites excluding steroid dienone is 4. The standard InChI is InChI=1S/C25H27ClO7/c26-16-10-11-21-18(12-16)23(30)19(14-31-21)25-32-13-15(6-2-1-3-9-22(28)29)24(33-25)17-7-4-5-8-20(17)27/h1-2,4-5,7-8,10-12,15,17,19-20,24-25,27H,3,6,9,13-14H2,(H,28,29)/b2-1-/t15-,17?,19?,20?,24+,25+/m0/s1. The molecule has 8 heteroatoms. The van der Waals surface area contributed by atoms with Crippen molar-refractivity contribution in [3.63, 3.8) is 0 Å². The summed E-state index contributed by atoms with van der Waals surface area (Å²) < 4.78 is 18.1. The number of benzene rings is 1. The average Bonchev–Trinajstić information content (AvgIpc) is 2.80. The van der Waals surface area contributed by atoms with Gasteiger partial charge < -0.3 is 24.4 Å². The van der Waals surface area contributed by atoms with Crippen molar-refractivity contribution >= 4 is 23.4 Å². The molecule has 3 aliphatic rings. The number of Topliss-reactive ketones (excluding diaryl/α,β-unsaturated/α-hetero) is 1. The first-order valence-electron chi connectivity index (χ1n) is 11.1. The summed E-state index contributed by atoms with van der Waals surface area (Å²) in [5.41, 5.74) is 0.409. The van der Waals surface area contributed by atoms with Crippen LogP contribution < -0.4 is 4.74 Å². The monoisotopic (exact) mass is 474 g/mol. The predicted octanol–water partition coefficient (Wildman–Crippen LogP) is 3.80. The summed E-state index contributed by atoms with van der Waals surface area (Å²) in [5, 5.41) is 19.8. The smallest absolute Gasteiger partial charge is 0.303 e. The number of rotatable bonds is 7. The zero-order valence-electron chi connectivity index (χ0n) is 18.0. The first-order chi connectivity index (χ1) is 15.9. The van der Waals surface area contributed by atoms with Crippen LogP contribution in [0.25, 0.3) is 0 Å². The number of hydrogen-bond acceptors (Lipinski definition) is 6. The predicted molar refractivity (Wildman–Crippen MR) is 121 cm³/mol.